The lowest BCUT2D eigenvalue weighted by Gasteiger charge is -2.20. The molecule has 0 spiro atoms. The highest BCUT2D eigenvalue weighted by Gasteiger charge is 2.15. The zero-order valence-corrected chi connectivity index (χ0v) is 12.1. The Hall–Kier alpha value is -1.98. The monoisotopic (exact) mass is 267 g/mol. The number of hydrogen-bond donors (Lipinski definition) is 2. The first-order valence-corrected chi connectivity index (χ1v) is 7.10. The molecule has 2 nitrogen and oxygen atoms in total. The molecule has 2 aromatic carbocycles. The van der Waals surface area contributed by atoms with Crippen molar-refractivity contribution in [3.63, 3.8) is 0 Å². The summed E-state index contributed by atoms with van der Waals surface area (Å²) in [6, 6.07) is 11.9. The summed E-state index contributed by atoms with van der Waals surface area (Å²) in [5, 5.41) is 15.8. The van der Waals surface area contributed by atoms with Gasteiger partial charge in [0, 0.05) is 17.0 Å². The van der Waals surface area contributed by atoms with Crippen LogP contribution in [0.2, 0.25) is 0 Å². The number of phenols is 1. The van der Waals surface area contributed by atoms with Crippen LogP contribution in [0.3, 0.4) is 0 Å². The quantitative estimate of drug-likeness (QED) is 0.803. The highest BCUT2D eigenvalue weighted by Crippen LogP contribution is 2.32. The molecule has 2 heteroatoms. The van der Waals surface area contributed by atoms with E-state index in [1.807, 2.05) is 43.3 Å². The average Bonchev–Trinajstić information content (AvgIpc) is 2.47. The second-order valence-electron chi connectivity index (χ2n) is 5.12. The van der Waals surface area contributed by atoms with E-state index in [4.69, 9.17) is 6.42 Å². The molecule has 0 aliphatic heterocycles. The van der Waals surface area contributed by atoms with Crippen molar-refractivity contribution >= 4 is 10.8 Å². The van der Waals surface area contributed by atoms with Crippen LogP contribution in [0.5, 0.6) is 5.75 Å². The summed E-state index contributed by atoms with van der Waals surface area (Å²) in [5.41, 5.74) is 0.889. The maximum absolute atomic E-state index is 10.4. The molecule has 0 amide bonds. The molecule has 0 fully saturated rings. The van der Waals surface area contributed by atoms with Crippen molar-refractivity contribution in [1.82, 2.24) is 5.32 Å². The Morgan fingerprint density at radius 1 is 1.25 bits per heavy atom. The fourth-order valence-corrected chi connectivity index (χ4v) is 2.52. The molecule has 2 aromatic rings. The molecule has 0 aromatic heterocycles. The topological polar surface area (TPSA) is 32.3 Å². The van der Waals surface area contributed by atoms with E-state index >= 15 is 0 Å². The summed E-state index contributed by atoms with van der Waals surface area (Å²) >= 11 is 0. The Kier molecular flexibility index (Phi) is 4.65. The second-order valence-corrected chi connectivity index (χ2v) is 5.12. The number of hydrogen-bond acceptors (Lipinski definition) is 2. The highest BCUT2D eigenvalue weighted by atomic mass is 16.3. The maximum atomic E-state index is 10.4. The highest BCUT2D eigenvalue weighted by molar-refractivity contribution is 5.89. The molecule has 2 rings (SSSR count). The largest absolute Gasteiger partial charge is 0.507 e. The molecule has 0 aliphatic rings. The molecule has 0 heterocycles. The number of nitrogens with one attached hydrogen (secondary N) is 1. The summed E-state index contributed by atoms with van der Waals surface area (Å²) in [4.78, 5) is 0. The second kappa shape index (κ2) is 6.45. The molecule has 0 radical (unpaired) electrons. The molecule has 2 atom stereocenters. The number of phenolic OH excluding ortho intramolecular Hbond substituents is 1. The normalized spacial score (nSPS) is 13.8. The van der Waals surface area contributed by atoms with Gasteiger partial charge in [0.15, 0.2) is 0 Å². The van der Waals surface area contributed by atoms with Crippen LogP contribution < -0.4 is 5.32 Å². The van der Waals surface area contributed by atoms with E-state index in [1.54, 1.807) is 0 Å². The summed E-state index contributed by atoms with van der Waals surface area (Å²) in [6.07, 6.45) is 7.52. The summed E-state index contributed by atoms with van der Waals surface area (Å²) in [7, 11) is 0. The van der Waals surface area contributed by atoms with Gasteiger partial charge < -0.3 is 5.11 Å². The minimum atomic E-state index is 0.0206. The Bertz CT molecular complexity index is 627. The molecule has 2 N–H and O–H groups in total. The van der Waals surface area contributed by atoms with E-state index in [0.29, 0.717) is 5.75 Å². The SMILES string of the molecule is C#CC(CCC)NC(C)c1ccc2ccccc2c1O. The van der Waals surface area contributed by atoms with E-state index in [-0.39, 0.29) is 12.1 Å². The molecule has 0 bridgehead atoms. The van der Waals surface area contributed by atoms with Crippen molar-refractivity contribution in [1.29, 1.82) is 0 Å². The van der Waals surface area contributed by atoms with Crippen molar-refractivity contribution in [3.8, 4) is 18.1 Å². The fourth-order valence-electron chi connectivity index (χ4n) is 2.52. The zero-order chi connectivity index (χ0) is 14.5. The summed E-state index contributed by atoms with van der Waals surface area (Å²) in [6.45, 7) is 4.15. The van der Waals surface area contributed by atoms with E-state index in [0.717, 1.165) is 29.2 Å². The fraction of sp³-hybridized carbons (Fsp3) is 0.333. The van der Waals surface area contributed by atoms with Crippen LogP contribution >= 0.6 is 0 Å². The van der Waals surface area contributed by atoms with Gasteiger partial charge in [-0.1, -0.05) is 55.7 Å². The Labute approximate surface area is 120 Å². The van der Waals surface area contributed by atoms with Gasteiger partial charge in [-0.15, -0.1) is 6.42 Å². The lowest BCUT2D eigenvalue weighted by atomic mass is 10.00. The van der Waals surface area contributed by atoms with Gasteiger partial charge in [0.25, 0.3) is 0 Å². The molecular formula is C18H21NO. The van der Waals surface area contributed by atoms with Crippen LogP contribution in [0.4, 0.5) is 0 Å². The Morgan fingerprint density at radius 2 is 2.00 bits per heavy atom. The van der Waals surface area contributed by atoms with Crippen LogP contribution in [0, 0.1) is 12.3 Å². The Morgan fingerprint density at radius 3 is 2.70 bits per heavy atom. The van der Waals surface area contributed by atoms with Gasteiger partial charge in [0.05, 0.1) is 6.04 Å². The van der Waals surface area contributed by atoms with Crippen molar-refractivity contribution in [3.05, 3.63) is 42.0 Å². The first-order valence-electron chi connectivity index (χ1n) is 7.10. The maximum Gasteiger partial charge on any atom is 0.128 e. The van der Waals surface area contributed by atoms with E-state index in [2.05, 4.69) is 18.2 Å². The van der Waals surface area contributed by atoms with Crippen LogP contribution in [0.1, 0.15) is 38.3 Å². The smallest absolute Gasteiger partial charge is 0.128 e. The van der Waals surface area contributed by atoms with Crippen LogP contribution in [-0.4, -0.2) is 11.1 Å². The lowest BCUT2D eigenvalue weighted by molar-refractivity contribution is 0.445. The first kappa shape index (κ1) is 14.4. The van der Waals surface area contributed by atoms with Gasteiger partial charge in [-0.3, -0.25) is 5.32 Å². The van der Waals surface area contributed by atoms with Gasteiger partial charge in [0.2, 0.25) is 0 Å². The van der Waals surface area contributed by atoms with Crippen molar-refractivity contribution in [2.45, 2.75) is 38.8 Å². The number of rotatable bonds is 5. The van der Waals surface area contributed by atoms with Crippen LogP contribution in [0.25, 0.3) is 10.8 Å². The number of terminal acetylenes is 1. The van der Waals surface area contributed by atoms with Crippen LogP contribution in [-0.2, 0) is 0 Å². The molecule has 0 aliphatic carbocycles. The van der Waals surface area contributed by atoms with Crippen LogP contribution in [0.15, 0.2) is 36.4 Å². The van der Waals surface area contributed by atoms with Gasteiger partial charge in [0.1, 0.15) is 5.75 Å². The number of fused-ring (bicyclic) bond motifs is 1. The standard InChI is InChI=1S/C18H21NO/c1-4-8-15(5-2)19-13(3)16-12-11-14-9-6-7-10-17(14)18(16)20/h2,6-7,9-13,15,19-20H,4,8H2,1,3H3. The third-order valence-electron chi connectivity index (χ3n) is 3.63. The molecule has 20 heavy (non-hydrogen) atoms. The minimum absolute atomic E-state index is 0.0206. The average molecular weight is 267 g/mol. The zero-order valence-electron chi connectivity index (χ0n) is 12.1. The number of benzene rings is 2. The number of aromatic hydroxyl groups is 1. The molecule has 0 saturated carbocycles. The lowest BCUT2D eigenvalue weighted by Crippen LogP contribution is -2.30. The van der Waals surface area contributed by atoms with E-state index < -0.39 is 0 Å². The molecular weight excluding hydrogens is 246 g/mol. The van der Waals surface area contributed by atoms with Gasteiger partial charge in [-0.05, 0) is 18.7 Å². The van der Waals surface area contributed by atoms with Crippen molar-refractivity contribution < 1.29 is 5.11 Å². The van der Waals surface area contributed by atoms with E-state index in [9.17, 15) is 5.11 Å². The van der Waals surface area contributed by atoms with E-state index in [1.165, 1.54) is 0 Å². The summed E-state index contributed by atoms with van der Waals surface area (Å²) < 4.78 is 0. The third-order valence-corrected chi connectivity index (χ3v) is 3.63. The summed E-state index contributed by atoms with van der Waals surface area (Å²) in [5.74, 6) is 3.11. The molecule has 2 unspecified atom stereocenters. The molecule has 104 valence electrons. The predicted molar refractivity (Wildman–Crippen MR) is 84.7 cm³/mol. The van der Waals surface area contributed by atoms with Gasteiger partial charge >= 0.3 is 0 Å². The van der Waals surface area contributed by atoms with Gasteiger partial charge in [-0.25, -0.2) is 0 Å². The third kappa shape index (κ3) is 2.95. The van der Waals surface area contributed by atoms with Crippen molar-refractivity contribution in [2.24, 2.45) is 0 Å². The van der Waals surface area contributed by atoms with Gasteiger partial charge in [-0.2, -0.15) is 0 Å². The molecule has 0 saturated heterocycles. The predicted octanol–water partition coefficient (Wildman–Crippen LogP) is 4.00. The van der Waals surface area contributed by atoms with Crippen molar-refractivity contribution in [2.75, 3.05) is 0 Å². The minimum Gasteiger partial charge on any atom is -0.507 e. The first-order chi connectivity index (χ1) is 9.67. The Balaban J connectivity index is 2.28.